The van der Waals surface area contributed by atoms with Gasteiger partial charge in [0, 0.05) is 0 Å². The van der Waals surface area contributed by atoms with Crippen molar-refractivity contribution in [3.63, 3.8) is 0 Å². The molecule has 0 saturated carbocycles. The zero-order valence-electron chi connectivity index (χ0n) is 14.7. The Kier molecular flexibility index (Phi) is 8.86. The van der Waals surface area contributed by atoms with Crippen LogP contribution >= 0.6 is 0 Å². The molecule has 1 rings (SSSR count). The smallest absolute Gasteiger partial charge is 0.408 e. The summed E-state index contributed by atoms with van der Waals surface area (Å²) in [6.07, 6.45) is 0.270. The summed E-state index contributed by atoms with van der Waals surface area (Å²) in [6.45, 7) is 4.90. The summed E-state index contributed by atoms with van der Waals surface area (Å²) in [4.78, 5) is 35.6. The Morgan fingerprint density at radius 2 is 1.92 bits per heavy atom. The van der Waals surface area contributed by atoms with E-state index in [1.54, 1.807) is 30.3 Å². The molecule has 0 aliphatic heterocycles. The van der Waals surface area contributed by atoms with Crippen LogP contribution in [0.2, 0.25) is 0 Å². The standard InChI is InChI=1S/C18H25N3O5/c1-3-4-10-14(16(19)23)20-17(24)15(12(2)22)21-18(25)26-11-13-8-6-5-7-9-13/h3,5-9,12,14-15,22H,1,4,10-11H2,2H3,(H2,19,23)(H,20,24)(H,21,25)/t12-,14+,15+/m1/s1. The highest BCUT2D eigenvalue weighted by molar-refractivity contribution is 5.91. The van der Waals surface area contributed by atoms with Gasteiger partial charge in [0.2, 0.25) is 11.8 Å². The zero-order valence-corrected chi connectivity index (χ0v) is 14.7. The maximum Gasteiger partial charge on any atom is 0.408 e. The number of alkyl carbamates (subject to hydrolysis) is 1. The van der Waals surface area contributed by atoms with E-state index >= 15 is 0 Å². The number of ether oxygens (including phenoxy) is 1. The van der Waals surface area contributed by atoms with E-state index in [2.05, 4.69) is 17.2 Å². The molecule has 142 valence electrons. The molecule has 3 atom stereocenters. The minimum absolute atomic E-state index is 0.0179. The fourth-order valence-electron chi connectivity index (χ4n) is 2.13. The van der Waals surface area contributed by atoms with Crippen molar-refractivity contribution in [3.05, 3.63) is 48.6 Å². The number of nitrogens with one attached hydrogen (secondary N) is 2. The highest BCUT2D eigenvalue weighted by Crippen LogP contribution is 2.03. The number of rotatable bonds is 10. The highest BCUT2D eigenvalue weighted by atomic mass is 16.5. The Bertz CT molecular complexity index is 619. The second-order valence-electron chi connectivity index (χ2n) is 5.75. The van der Waals surface area contributed by atoms with E-state index in [4.69, 9.17) is 10.5 Å². The third kappa shape index (κ3) is 7.35. The fourth-order valence-corrected chi connectivity index (χ4v) is 2.13. The van der Waals surface area contributed by atoms with Crippen molar-refractivity contribution in [1.82, 2.24) is 10.6 Å². The summed E-state index contributed by atoms with van der Waals surface area (Å²) in [5.74, 6) is -1.44. The maximum absolute atomic E-state index is 12.3. The number of carbonyl (C=O) groups excluding carboxylic acids is 3. The van der Waals surface area contributed by atoms with Gasteiger partial charge in [0.25, 0.3) is 0 Å². The first kappa shape index (κ1) is 21.2. The SMILES string of the molecule is C=CCC[C@H](NC(=O)[C@@H](NC(=O)OCc1ccccc1)[C@@H](C)O)C(N)=O. The first-order valence-corrected chi connectivity index (χ1v) is 8.21. The lowest BCUT2D eigenvalue weighted by Gasteiger charge is -2.23. The largest absolute Gasteiger partial charge is 0.445 e. The average molecular weight is 363 g/mol. The minimum Gasteiger partial charge on any atom is -0.445 e. The molecule has 3 amide bonds. The minimum atomic E-state index is -1.29. The Hall–Kier alpha value is -2.87. The number of carbonyl (C=O) groups is 3. The topological polar surface area (TPSA) is 131 Å². The molecule has 0 bridgehead atoms. The van der Waals surface area contributed by atoms with Crippen LogP contribution in [0.1, 0.15) is 25.3 Å². The lowest BCUT2D eigenvalue weighted by Crippen LogP contribution is -2.56. The number of hydrogen-bond acceptors (Lipinski definition) is 5. The average Bonchev–Trinajstić information content (AvgIpc) is 2.61. The summed E-state index contributed by atoms with van der Waals surface area (Å²) in [5.41, 5.74) is 6.03. The number of hydrogen-bond donors (Lipinski definition) is 4. The van der Waals surface area contributed by atoms with Crippen molar-refractivity contribution in [3.8, 4) is 0 Å². The number of allylic oxidation sites excluding steroid dienone is 1. The quantitative estimate of drug-likeness (QED) is 0.452. The van der Waals surface area contributed by atoms with E-state index < -0.39 is 36.1 Å². The van der Waals surface area contributed by atoms with Gasteiger partial charge >= 0.3 is 6.09 Å². The van der Waals surface area contributed by atoms with Crippen LogP contribution in [0, 0.1) is 0 Å². The van der Waals surface area contributed by atoms with E-state index in [-0.39, 0.29) is 13.0 Å². The van der Waals surface area contributed by atoms with Crippen LogP contribution in [0.3, 0.4) is 0 Å². The predicted octanol–water partition coefficient (Wildman–Crippen LogP) is 0.599. The second kappa shape index (κ2) is 10.9. The van der Waals surface area contributed by atoms with Crippen molar-refractivity contribution in [2.45, 2.75) is 44.6 Å². The van der Waals surface area contributed by atoms with Crippen LogP contribution in [0.4, 0.5) is 4.79 Å². The molecule has 0 aromatic heterocycles. The summed E-state index contributed by atoms with van der Waals surface area (Å²) >= 11 is 0. The summed E-state index contributed by atoms with van der Waals surface area (Å²) < 4.78 is 5.03. The summed E-state index contributed by atoms with van der Waals surface area (Å²) in [7, 11) is 0. The van der Waals surface area contributed by atoms with E-state index in [1.165, 1.54) is 6.92 Å². The Balaban J connectivity index is 2.62. The molecular weight excluding hydrogens is 338 g/mol. The van der Waals surface area contributed by atoms with Crippen LogP contribution in [-0.2, 0) is 20.9 Å². The van der Waals surface area contributed by atoms with Gasteiger partial charge in [0.15, 0.2) is 0 Å². The zero-order chi connectivity index (χ0) is 19.5. The number of benzene rings is 1. The van der Waals surface area contributed by atoms with Gasteiger partial charge in [-0.2, -0.15) is 0 Å². The van der Waals surface area contributed by atoms with E-state index in [0.29, 0.717) is 6.42 Å². The third-order valence-corrected chi connectivity index (χ3v) is 3.57. The van der Waals surface area contributed by atoms with E-state index in [9.17, 15) is 19.5 Å². The molecule has 0 aliphatic rings. The first-order valence-electron chi connectivity index (χ1n) is 8.21. The molecule has 0 fully saturated rings. The van der Waals surface area contributed by atoms with Gasteiger partial charge in [-0.3, -0.25) is 9.59 Å². The van der Waals surface area contributed by atoms with Crippen molar-refractivity contribution in [2.24, 2.45) is 5.73 Å². The number of aliphatic hydroxyl groups excluding tert-OH is 1. The van der Waals surface area contributed by atoms with Crippen LogP contribution in [-0.4, -0.2) is 41.2 Å². The number of amides is 3. The second-order valence-corrected chi connectivity index (χ2v) is 5.75. The molecule has 0 saturated heterocycles. The maximum atomic E-state index is 12.3. The summed E-state index contributed by atoms with van der Waals surface area (Å²) in [5, 5.41) is 14.5. The molecule has 26 heavy (non-hydrogen) atoms. The van der Waals surface area contributed by atoms with E-state index in [1.807, 2.05) is 6.07 Å². The number of nitrogens with two attached hydrogens (primary N) is 1. The molecule has 0 radical (unpaired) electrons. The molecule has 0 heterocycles. The van der Waals surface area contributed by atoms with Crippen molar-refractivity contribution >= 4 is 17.9 Å². The molecule has 1 aromatic rings. The molecule has 8 heteroatoms. The first-order chi connectivity index (χ1) is 12.3. The fraction of sp³-hybridized carbons (Fsp3) is 0.389. The van der Waals surface area contributed by atoms with Crippen LogP contribution < -0.4 is 16.4 Å². The van der Waals surface area contributed by atoms with Crippen molar-refractivity contribution < 1.29 is 24.2 Å². The van der Waals surface area contributed by atoms with Gasteiger partial charge in [-0.05, 0) is 25.3 Å². The Labute approximate surface area is 152 Å². The molecule has 0 unspecified atom stereocenters. The van der Waals surface area contributed by atoms with Gasteiger partial charge in [0.05, 0.1) is 6.10 Å². The van der Waals surface area contributed by atoms with Crippen LogP contribution in [0.5, 0.6) is 0 Å². The van der Waals surface area contributed by atoms with Crippen molar-refractivity contribution in [1.29, 1.82) is 0 Å². The molecule has 0 aliphatic carbocycles. The van der Waals surface area contributed by atoms with Crippen molar-refractivity contribution in [2.75, 3.05) is 0 Å². The molecule has 8 nitrogen and oxygen atoms in total. The molecule has 0 spiro atoms. The van der Waals surface area contributed by atoms with Gasteiger partial charge in [0.1, 0.15) is 18.7 Å². The molecular formula is C18H25N3O5. The van der Waals surface area contributed by atoms with Gasteiger partial charge < -0.3 is 26.2 Å². The van der Waals surface area contributed by atoms with Crippen LogP contribution in [0.25, 0.3) is 0 Å². The lowest BCUT2D eigenvalue weighted by molar-refractivity contribution is -0.130. The highest BCUT2D eigenvalue weighted by Gasteiger charge is 2.29. The Morgan fingerprint density at radius 1 is 1.27 bits per heavy atom. The predicted molar refractivity (Wildman–Crippen MR) is 95.8 cm³/mol. The van der Waals surface area contributed by atoms with E-state index in [0.717, 1.165) is 5.56 Å². The monoisotopic (exact) mass is 363 g/mol. The Morgan fingerprint density at radius 3 is 2.46 bits per heavy atom. The number of primary amides is 1. The van der Waals surface area contributed by atoms with Gasteiger partial charge in [-0.1, -0.05) is 36.4 Å². The summed E-state index contributed by atoms with van der Waals surface area (Å²) in [6, 6.07) is 6.78. The van der Waals surface area contributed by atoms with Gasteiger partial charge in [-0.25, -0.2) is 4.79 Å². The third-order valence-electron chi connectivity index (χ3n) is 3.57. The van der Waals surface area contributed by atoms with Gasteiger partial charge in [-0.15, -0.1) is 6.58 Å². The molecule has 5 N–H and O–H groups in total. The van der Waals surface area contributed by atoms with Crippen LogP contribution in [0.15, 0.2) is 43.0 Å². The number of aliphatic hydroxyl groups is 1. The normalized spacial score (nSPS) is 13.8. The molecule has 1 aromatic carbocycles. The lowest BCUT2D eigenvalue weighted by atomic mass is 10.1.